The summed E-state index contributed by atoms with van der Waals surface area (Å²) in [7, 11) is 0. The van der Waals surface area contributed by atoms with E-state index in [0.29, 0.717) is 21.5 Å². The largest absolute Gasteiger partial charge is 0.359 e. The number of H-pyrrole nitrogens is 1. The highest BCUT2D eigenvalue weighted by molar-refractivity contribution is 7.20. The van der Waals surface area contributed by atoms with Crippen LogP contribution >= 0.6 is 11.3 Å². The molecular weight excluding hydrogens is 320 g/mol. The lowest BCUT2D eigenvalue weighted by atomic mass is 10.2. The summed E-state index contributed by atoms with van der Waals surface area (Å²) in [6, 6.07) is 7.54. The first-order chi connectivity index (χ1) is 11.1. The Morgan fingerprint density at radius 2 is 2.04 bits per heavy atom. The van der Waals surface area contributed by atoms with Crippen LogP contribution in [0.3, 0.4) is 0 Å². The van der Waals surface area contributed by atoms with Crippen LogP contribution in [0.2, 0.25) is 0 Å². The number of carbonyl (C=O) groups is 1. The summed E-state index contributed by atoms with van der Waals surface area (Å²) in [5.41, 5.74) is 0.812. The Labute approximate surface area is 132 Å². The SMILES string of the molecule is O=C(Nc1c[nH]c2cc(F)c(F)cc12)c1cc2cccnc2s1. The number of aromatic nitrogens is 2. The number of hydrogen-bond donors (Lipinski definition) is 2. The van der Waals surface area contributed by atoms with E-state index >= 15 is 0 Å². The standard InChI is InChI=1S/C16H9F2N3OS/c17-10-5-9-12(6-11(10)18)20-7-13(9)21-15(22)14-4-8-2-1-3-19-16(8)23-14/h1-7,20H,(H,21,22). The number of nitrogens with one attached hydrogen (secondary N) is 2. The number of thiophene rings is 1. The molecule has 0 unspecified atom stereocenters. The van der Waals surface area contributed by atoms with Gasteiger partial charge in [-0.15, -0.1) is 11.3 Å². The second kappa shape index (κ2) is 5.13. The summed E-state index contributed by atoms with van der Waals surface area (Å²) in [5, 5.41) is 4.01. The maximum atomic E-state index is 13.4. The molecule has 0 aliphatic heterocycles. The minimum absolute atomic E-state index is 0.321. The molecule has 0 fully saturated rings. The van der Waals surface area contributed by atoms with Crippen molar-refractivity contribution >= 4 is 44.1 Å². The van der Waals surface area contributed by atoms with Crippen molar-refractivity contribution < 1.29 is 13.6 Å². The van der Waals surface area contributed by atoms with Crippen LogP contribution in [-0.2, 0) is 0 Å². The Hall–Kier alpha value is -2.80. The smallest absolute Gasteiger partial charge is 0.265 e. The first-order valence-corrected chi connectivity index (χ1v) is 7.55. The van der Waals surface area contributed by atoms with Crippen LogP contribution in [0.25, 0.3) is 21.1 Å². The van der Waals surface area contributed by atoms with E-state index in [4.69, 9.17) is 0 Å². The molecule has 4 rings (SSSR count). The van der Waals surface area contributed by atoms with Crippen LogP contribution in [0, 0.1) is 11.6 Å². The molecule has 114 valence electrons. The molecule has 0 saturated carbocycles. The average Bonchev–Trinajstić information content (AvgIpc) is 3.13. The number of amides is 1. The lowest BCUT2D eigenvalue weighted by molar-refractivity contribution is 0.103. The lowest BCUT2D eigenvalue weighted by Crippen LogP contribution is -2.09. The Balaban J connectivity index is 1.69. The van der Waals surface area contributed by atoms with Gasteiger partial charge in [-0.3, -0.25) is 4.79 Å². The molecule has 1 amide bonds. The molecule has 4 aromatic rings. The van der Waals surface area contributed by atoms with Crippen molar-refractivity contribution in [3.05, 3.63) is 59.2 Å². The van der Waals surface area contributed by atoms with Crippen molar-refractivity contribution in [3.63, 3.8) is 0 Å². The number of anilines is 1. The quantitative estimate of drug-likeness (QED) is 0.576. The van der Waals surface area contributed by atoms with Gasteiger partial charge in [0, 0.05) is 29.2 Å². The first kappa shape index (κ1) is 13.8. The number of hydrogen-bond acceptors (Lipinski definition) is 3. The third kappa shape index (κ3) is 2.35. The molecular formula is C16H9F2N3OS. The number of rotatable bonds is 2. The van der Waals surface area contributed by atoms with Crippen molar-refractivity contribution in [1.29, 1.82) is 0 Å². The van der Waals surface area contributed by atoms with Crippen molar-refractivity contribution in [2.24, 2.45) is 0 Å². The molecule has 0 radical (unpaired) electrons. The predicted octanol–water partition coefficient (Wildman–Crippen LogP) is 4.31. The maximum Gasteiger partial charge on any atom is 0.265 e. The molecule has 0 saturated heterocycles. The monoisotopic (exact) mass is 329 g/mol. The minimum Gasteiger partial charge on any atom is -0.359 e. The molecule has 1 aromatic carbocycles. The normalized spacial score (nSPS) is 11.2. The maximum absolute atomic E-state index is 13.4. The number of aromatic amines is 1. The summed E-state index contributed by atoms with van der Waals surface area (Å²) in [5.74, 6) is -2.22. The fraction of sp³-hybridized carbons (Fsp3) is 0. The van der Waals surface area contributed by atoms with Gasteiger partial charge in [0.1, 0.15) is 4.83 Å². The van der Waals surface area contributed by atoms with E-state index in [1.165, 1.54) is 17.5 Å². The predicted molar refractivity (Wildman–Crippen MR) is 85.8 cm³/mol. The van der Waals surface area contributed by atoms with Gasteiger partial charge in [0.05, 0.1) is 16.1 Å². The van der Waals surface area contributed by atoms with Gasteiger partial charge in [-0.1, -0.05) is 6.07 Å². The number of fused-ring (bicyclic) bond motifs is 2. The number of halogens is 2. The first-order valence-electron chi connectivity index (χ1n) is 6.74. The van der Waals surface area contributed by atoms with Crippen molar-refractivity contribution in [2.45, 2.75) is 0 Å². The number of nitrogens with zero attached hydrogens (tertiary/aromatic N) is 1. The van der Waals surface area contributed by atoms with E-state index in [0.717, 1.165) is 22.3 Å². The molecule has 2 N–H and O–H groups in total. The number of carbonyl (C=O) groups excluding carboxylic acids is 1. The van der Waals surface area contributed by atoms with Gasteiger partial charge in [-0.2, -0.15) is 0 Å². The molecule has 0 atom stereocenters. The van der Waals surface area contributed by atoms with Crippen molar-refractivity contribution in [1.82, 2.24) is 9.97 Å². The molecule has 4 nitrogen and oxygen atoms in total. The highest BCUT2D eigenvalue weighted by Crippen LogP contribution is 2.28. The van der Waals surface area contributed by atoms with E-state index in [2.05, 4.69) is 15.3 Å². The molecule has 0 aliphatic rings. The number of benzene rings is 1. The van der Waals surface area contributed by atoms with E-state index in [1.54, 1.807) is 18.3 Å². The van der Waals surface area contributed by atoms with Gasteiger partial charge in [-0.05, 0) is 18.2 Å². The topological polar surface area (TPSA) is 57.8 Å². The van der Waals surface area contributed by atoms with Gasteiger partial charge < -0.3 is 10.3 Å². The van der Waals surface area contributed by atoms with Crippen LogP contribution in [0.1, 0.15) is 9.67 Å². The van der Waals surface area contributed by atoms with E-state index in [-0.39, 0.29) is 5.91 Å². The zero-order valence-corrected chi connectivity index (χ0v) is 12.4. The Morgan fingerprint density at radius 1 is 1.22 bits per heavy atom. The molecule has 7 heteroatoms. The van der Waals surface area contributed by atoms with Gasteiger partial charge in [0.25, 0.3) is 5.91 Å². The van der Waals surface area contributed by atoms with Gasteiger partial charge >= 0.3 is 0 Å². The molecule has 0 spiro atoms. The van der Waals surface area contributed by atoms with Crippen molar-refractivity contribution in [3.8, 4) is 0 Å². The molecule has 0 aliphatic carbocycles. The Kier molecular flexibility index (Phi) is 3.09. The van der Waals surface area contributed by atoms with Crippen LogP contribution in [0.4, 0.5) is 14.5 Å². The summed E-state index contributed by atoms with van der Waals surface area (Å²) in [6.45, 7) is 0. The van der Waals surface area contributed by atoms with Gasteiger partial charge in [0.15, 0.2) is 11.6 Å². The highest BCUT2D eigenvalue weighted by atomic mass is 32.1. The summed E-state index contributed by atoms with van der Waals surface area (Å²) < 4.78 is 26.6. The van der Waals surface area contributed by atoms with E-state index in [1.807, 2.05) is 6.07 Å². The van der Waals surface area contributed by atoms with Gasteiger partial charge in [-0.25, -0.2) is 13.8 Å². The number of pyridine rings is 1. The minimum atomic E-state index is -0.960. The third-order valence-corrected chi connectivity index (χ3v) is 4.55. The summed E-state index contributed by atoms with van der Waals surface area (Å²) >= 11 is 1.27. The highest BCUT2D eigenvalue weighted by Gasteiger charge is 2.14. The fourth-order valence-corrected chi connectivity index (χ4v) is 3.29. The second-order valence-electron chi connectivity index (χ2n) is 4.98. The van der Waals surface area contributed by atoms with Crippen LogP contribution in [-0.4, -0.2) is 15.9 Å². The zero-order valence-electron chi connectivity index (χ0n) is 11.6. The van der Waals surface area contributed by atoms with Crippen LogP contribution < -0.4 is 5.32 Å². The summed E-state index contributed by atoms with van der Waals surface area (Å²) in [6.07, 6.45) is 3.17. The van der Waals surface area contributed by atoms with Crippen LogP contribution in [0.15, 0.2) is 42.7 Å². The van der Waals surface area contributed by atoms with Crippen molar-refractivity contribution in [2.75, 3.05) is 5.32 Å². The Bertz CT molecular complexity index is 1020. The summed E-state index contributed by atoms with van der Waals surface area (Å²) in [4.78, 5) is 20.6. The molecule has 23 heavy (non-hydrogen) atoms. The third-order valence-electron chi connectivity index (χ3n) is 3.49. The lowest BCUT2D eigenvalue weighted by Gasteiger charge is -2.02. The van der Waals surface area contributed by atoms with Gasteiger partial charge in [0.2, 0.25) is 0 Å². The second-order valence-corrected chi connectivity index (χ2v) is 6.01. The Morgan fingerprint density at radius 3 is 2.87 bits per heavy atom. The van der Waals surface area contributed by atoms with E-state index in [9.17, 15) is 13.6 Å². The molecule has 3 heterocycles. The fourth-order valence-electron chi connectivity index (χ4n) is 2.39. The van der Waals surface area contributed by atoms with Crippen LogP contribution in [0.5, 0.6) is 0 Å². The zero-order chi connectivity index (χ0) is 16.0. The average molecular weight is 329 g/mol. The van der Waals surface area contributed by atoms with E-state index < -0.39 is 11.6 Å². The molecule has 3 aromatic heterocycles. The molecule has 0 bridgehead atoms.